The van der Waals surface area contributed by atoms with Crippen molar-refractivity contribution in [1.82, 2.24) is 9.97 Å². The lowest BCUT2D eigenvalue weighted by molar-refractivity contribution is -0.122. The number of thioether (sulfide) groups is 1. The van der Waals surface area contributed by atoms with Crippen molar-refractivity contribution in [2.75, 3.05) is 36.9 Å². The van der Waals surface area contributed by atoms with Gasteiger partial charge in [0.1, 0.15) is 17.5 Å². The summed E-state index contributed by atoms with van der Waals surface area (Å²) >= 11 is 3.37. The lowest BCUT2D eigenvalue weighted by Gasteiger charge is -2.26. The predicted octanol–water partition coefficient (Wildman–Crippen LogP) is 3.47. The first-order chi connectivity index (χ1) is 15.2. The van der Waals surface area contributed by atoms with Crippen LogP contribution in [-0.2, 0) is 15.3 Å². The van der Waals surface area contributed by atoms with Crippen LogP contribution >= 0.6 is 23.1 Å². The molecule has 0 atom stereocenters. The second kappa shape index (κ2) is 9.34. The minimum Gasteiger partial charge on any atom is -0.483 e. The highest BCUT2D eigenvalue weighted by molar-refractivity contribution is 7.98. The monoisotopic (exact) mass is 453 g/mol. The maximum Gasteiger partial charge on any atom is 0.290 e. The molecule has 2 aliphatic rings. The average molecular weight is 454 g/mol. The summed E-state index contributed by atoms with van der Waals surface area (Å²) in [5.74, 6) is 1.04. The molecule has 1 fully saturated rings. The fraction of sp³-hybridized carbons (Fsp3) is 0.238. The standard InChI is InChI=1S/C20H17N5OS2.CH2O2/c21-9-13-17(16-10-23-20(28-16)25-5-7-26-8-6-25)14-11-27-15-4-2-1-3-12(15)18(14)24-19(13)22;2-1-3/h1-4,10H,5-8,11H2,(H2,22,24);1H,(H,2,3). The number of nitrogens with zero attached hydrogens (tertiary/aromatic N) is 4. The van der Waals surface area contributed by atoms with Crippen molar-refractivity contribution in [3.63, 3.8) is 0 Å². The zero-order valence-electron chi connectivity index (χ0n) is 16.4. The van der Waals surface area contributed by atoms with Crippen molar-refractivity contribution in [2.24, 2.45) is 0 Å². The normalized spacial score (nSPS) is 14.5. The Morgan fingerprint density at radius 1 is 1.29 bits per heavy atom. The third-order valence-electron chi connectivity index (χ3n) is 4.97. The Kier molecular flexibility index (Phi) is 6.36. The smallest absolute Gasteiger partial charge is 0.290 e. The number of nitriles is 1. The molecule has 4 heterocycles. The molecular formula is C21H19N5O3S2. The summed E-state index contributed by atoms with van der Waals surface area (Å²) in [6, 6.07) is 10.5. The molecule has 2 aliphatic heterocycles. The van der Waals surface area contributed by atoms with Crippen molar-refractivity contribution in [3.8, 4) is 27.8 Å². The number of benzene rings is 1. The Bertz CT molecular complexity index is 1150. The number of rotatable bonds is 2. The molecule has 3 aromatic rings. The number of ether oxygens (including phenoxy) is 1. The maximum absolute atomic E-state index is 9.79. The first kappa shape index (κ1) is 21.1. The molecule has 0 radical (unpaired) electrons. The number of nitrogen functional groups attached to an aromatic ring is 1. The zero-order chi connectivity index (χ0) is 21.8. The van der Waals surface area contributed by atoms with Gasteiger partial charge in [0.15, 0.2) is 5.13 Å². The number of hydrogen-bond acceptors (Lipinski definition) is 9. The van der Waals surface area contributed by atoms with E-state index < -0.39 is 0 Å². The van der Waals surface area contributed by atoms with Gasteiger partial charge in [-0.25, -0.2) is 9.97 Å². The maximum atomic E-state index is 9.79. The van der Waals surface area contributed by atoms with Crippen LogP contribution in [0.15, 0.2) is 35.4 Å². The van der Waals surface area contributed by atoms with E-state index in [-0.39, 0.29) is 12.3 Å². The first-order valence-corrected chi connectivity index (χ1v) is 11.3. The van der Waals surface area contributed by atoms with Gasteiger partial charge in [-0.05, 0) is 11.6 Å². The summed E-state index contributed by atoms with van der Waals surface area (Å²) in [4.78, 5) is 22.0. The molecule has 31 heavy (non-hydrogen) atoms. The van der Waals surface area contributed by atoms with Gasteiger partial charge in [0.25, 0.3) is 6.47 Å². The Morgan fingerprint density at radius 3 is 2.77 bits per heavy atom. The summed E-state index contributed by atoms with van der Waals surface area (Å²) in [6.07, 6.45) is 1.86. The van der Waals surface area contributed by atoms with E-state index in [9.17, 15) is 5.26 Å². The fourth-order valence-electron chi connectivity index (χ4n) is 3.61. The molecule has 0 spiro atoms. The summed E-state index contributed by atoms with van der Waals surface area (Å²) in [5.41, 5.74) is 10.5. The summed E-state index contributed by atoms with van der Waals surface area (Å²) in [7, 11) is 0. The molecule has 0 unspecified atom stereocenters. The molecule has 10 heteroatoms. The molecule has 0 aliphatic carbocycles. The van der Waals surface area contributed by atoms with Crippen LogP contribution in [0.4, 0.5) is 10.9 Å². The number of thiazole rings is 1. The Balaban J connectivity index is 0.000000730. The highest BCUT2D eigenvalue weighted by Crippen LogP contribution is 2.47. The number of aromatic nitrogens is 2. The minimum absolute atomic E-state index is 0.250. The van der Waals surface area contributed by atoms with Crippen LogP contribution in [0.1, 0.15) is 11.1 Å². The number of carbonyl (C=O) groups is 1. The molecule has 3 N–H and O–H groups in total. The number of anilines is 2. The first-order valence-electron chi connectivity index (χ1n) is 9.49. The van der Waals surface area contributed by atoms with Gasteiger partial charge in [0.05, 0.1) is 23.8 Å². The van der Waals surface area contributed by atoms with Crippen LogP contribution in [0.5, 0.6) is 0 Å². The van der Waals surface area contributed by atoms with E-state index in [1.165, 1.54) is 4.90 Å². The summed E-state index contributed by atoms with van der Waals surface area (Å²) in [5, 5.41) is 17.6. The SMILES string of the molecule is N#Cc1c(N)nc2c(c1-c1cnc(N3CCOCC3)s1)CSc1ccccc1-2.O=CO. The van der Waals surface area contributed by atoms with E-state index in [4.69, 9.17) is 20.4 Å². The summed E-state index contributed by atoms with van der Waals surface area (Å²) < 4.78 is 5.44. The van der Waals surface area contributed by atoms with Gasteiger partial charge in [0, 0.05) is 41.1 Å². The Hall–Kier alpha value is -3.13. The van der Waals surface area contributed by atoms with Crippen LogP contribution in [0, 0.1) is 11.3 Å². The van der Waals surface area contributed by atoms with Gasteiger partial charge in [-0.15, -0.1) is 11.8 Å². The van der Waals surface area contributed by atoms with Gasteiger partial charge in [-0.1, -0.05) is 29.5 Å². The van der Waals surface area contributed by atoms with Gasteiger partial charge < -0.3 is 20.5 Å². The topological polar surface area (TPSA) is 125 Å². The predicted molar refractivity (Wildman–Crippen MR) is 121 cm³/mol. The second-order valence-corrected chi connectivity index (χ2v) is 8.71. The van der Waals surface area contributed by atoms with Crippen molar-refractivity contribution >= 4 is 40.5 Å². The highest BCUT2D eigenvalue weighted by atomic mass is 32.2. The molecule has 0 amide bonds. The quantitative estimate of drug-likeness (QED) is 0.561. The number of nitrogens with two attached hydrogens (primary N) is 1. The minimum atomic E-state index is -0.250. The molecular weight excluding hydrogens is 434 g/mol. The van der Waals surface area contributed by atoms with Crippen LogP contribution in [0.25, 0.3) is 21.7 Å². The molecule has 0 bridgehead atoms. The van der Waals surface area contributed by atoms with Crippen LogP contribution in [0.2, 0.25) is 0 Å². The van der Waals surface area contributed by atoms with Crippen LogP contribution in [0.3, 0.4) is 0 Å². The van der Waals surface area contributed by atoms with Crippen molar-refractivity contribution < 1.29 is 14.6 Å². The molecule has 1 saturated heterocycles. The lowest BCUT2D eigenvalue weighted by Crippen LogP contribution is -2.36. The molecule has 0 saturated carbocycles. The zero-order valence-corrected chi connectivity index (χ0v) is 18.1. The van der Waals surface area contributed by atoms with E-state index >= 15 is 0 Å². The van der Waals surface area contributed by atoms with Crippen molar-refractivity contribution in [3.05, 3.63) is 41.6 Å². The molecule has 5 rings (SSSR count). The number of hydrogen-bond donors (Lipinski definition) is 2. The van der Waals surface area contributed by atoms with Gasteiger partial charge in [0.2, 0.25) is 0 Å². The number of carboxylic acid groups (broad SMARTS) is 1. The number of morpholine rings is 1. The van der Waals surface area contributed by atoms with Gasteiger partial charge in [-0.2, -0.15) is 5.26 Å². The lowest BCUT2D eigenvalue weighted by atomic mass is 9.96. The van der Waals surface area contributed by atoms with Crippen molar-refractivity contribution in [1.29, 1.82) is 5.26 Å². The third-order valence-corrected chi connectivity index (χ3v) is 7.15. The highest BCUT2D eigenvalue weighted by Gasteiger charge is 2.27. The molecule has 8 nitrogen and oxygen atoms in total. The van der Waals surface area contributed by atoms with Gasteiger partial charge >= 0.3 is 0 Å². The average Bonchev–Trinajstić information content (AvgIpc) is 3.29. The second-order valence-electron chi connectivity index (χ2n) is 6.68. The van der Waals surface area contributed by atoms with E-state index in [0.29, 0.717) is 18.8 Å². The van der Waals surface area contributed by atoms with E-state index in [1.807, 2.05) is 18.3 Å². The largest absolute Gasteiger partial charge is 0.483 e. The van der Waals surface area contributed by atoms with E-state index in [0.717, 1.165) is 51.2 Å². The number of fused-ring (bicyclic) bond motifs is 3. The summed E-state index contributed by atoms with van der Waals surface area (Å²) in [6.45, 7) is 2.84. The molecule has 158 valence electrons. The molecule has 2 aromatic heterocycles. The Morgan fingerprint density at radius 2 is 2.03 bits per heavy atom. The van der Waals surface area contributed by atoms with Gasteiger partial charge in [-0.3, -0.25) is 4.79 Å². The Labute approximate surface area is 187 Å². The van der Waals surface area contributed by atoms with Crippen molar-refractivity contribution in [2.45, 2.75) is 10.6 Å². The van der Waals surface area contributed by atoms with E-state index in [1.54, 1.807) is 23.1 Å². The van der Waals surface area contributed by atoms with Crippen LogP contribution < -0.4 is 10.6 Å². The number of pyridine rings is 1. The van der Waals surface area contributed by atoms with Crippen LogP contribution in [-0.4, -0.2) is 47.8 Å². The van der Waals surface area contributed by atoms with E-state index in [2.05, 4.69) is 33.1 Å². The third kappa shape index (κ3) is 4.07. The fourth-order valence-corrected chi connectivity index (χ4v) is 5.73. The molecule has 1 aromatic carbocycles.